The monoisotopic (exact) mass is 295 g/mol. The van der Waals surface area contributed by atoms with E-state index in [1.54, 1.807) is 13.1 Å². The number of aromatic nitrogens is 2. The lowest BCUT2D eigenvalue weighted by Crippen LogP contribution is -2.35. The predicted octanol–water partition coefficient (Wildman–Crippen LogP) is 2.47. The molecule has 0 saturated carbocycles. The number of piperidine rings is 1. The van der Waals surface area contributed by atoms with Crippen LogP contribution in [0.4, 0.5) is 5.82 Å². The summed E-state index contributed by atoms with van der Waals surface area (Å²) >= 11 is 5.81. The van der Waals surface area contributed by atoms with Crippen molar-refractivity contribution in [1.82, 2.24) is 9.97 Å². The van der Waals surface area contributed by atoms with Crippen molar-refractivity contribution < 1.29 is 9.53 Å². The number of anilines is 1. The predicted molar refractivity (Wildman–Crippen MR) is 77.8 cm³/mol. The first-order valence-corrected chi connectivity index (χ1v) is 7.15. The Morgan fingerprint density at radius 2 is 2.50 bits per heavy atom. The lowest BCUT2D eigenvalue weighted by molar-refractivity contribution is -0.137. The van der Waals surface area contributed by atoms with E-state index in [4.69, 9.17) is 16.3 Å². The van der Waals surface area contributed by atoms with Crippen LogP contribution in [0.15, 0.2) is 24.4 Å². The van der Waals surface area contributed by atoms with Crippen molar-refractivity contribution in [3.05, 3.63) is 29.7 Å². The lowest BCUT2D eigenvalue weighted by atomic mass is 9.97. The van der Waals surface area contributed by atoms with Gasteiger partial charge in [-0.25, -0.2) is 14.8 Å². The van der Waals surface area contributed by atoms with Crippen LogP contribution in [0.1, 0.15) is 19.8 Å². The minimum atomic E-state index is -0.283. The Labute approximate surface area is 123 Å². The zero-order chi connectivity index (χ0) is 14.4. The molecule has 2 rings (SSSR count). The van der Waals surface area contributed by atoms with Crippen molar-refractivity contribution >= 4 is 23.4 Å². The van der Waals surface area contributed by atoms with Gasteiger partial charge in [-0.15, -0.1) is 0 Å². The highest BCUT2D eigenvalue weighted by atomic mass is 35.5. The zero-order valence-corrected chi connectivity index (χ0v) is 12.2. The van der Waals surface area contributed by atoms with E-state index in [1.807, 2.05) is 12.1 Å². The molecule has 0 unspecified atom stereocenters. The van der Waals surface area contributed by atoms with Crippen LogP contribution in [0.2, 0.25) is 5.28 Å². The van der Waals surface area contributed by atoms with Gasteiger partial charge < -0.3 is 9.64 Å². The standard InChI is InChI=1S/C14H18ClN3O2/c1-2-20-13(19)6-5-11-4-3-9-18(10-11)12-7-8-16-14(15)17-12/h5-8,11H,2-4,9-10H2,1H3/b6-5+/t11-/m0/s1. The Hall–Kier alpha value is -1.62. The molecule has 0 N–H and O–H groups in total. The molecule has 5 nitrogen and oxygen atoms in total. The number of carbonyl (C=O) groups is 1. The maximum absolute atomic E-state index is 11.3. The van der Waals surface area contributed by atoms with Crippen LogP contribution < -0.4 is 4.90 Å². The molecule has 2 heterocycles. The second-order valence-corrected chi connectivity index (χ2v) is 4.98. The minimum absolute atomic E-state index is 0.256. The Bertz CT molecular complexity index is 493. The van der Waals surface area contributed by atoms with Crippen molar-refractivity contribution in [2.24, 2.45) is 5.92 Å². The van der Waals surface area contributed by atoms with Gasteiger partial charge in [0.05, 0.1) is 6.61 Å². The molecule has 0 bridgehead atoms. The summed E-state index contributed by atoms with van der Waals surface area (Å²) in [6.07, 6.45) is 7.21. The van der Waals surface area contributed by atoms with Gasteiger partial charge in [0.25, 0.3) is 0 Å². The number of hydrogen-bond donors (Lipinski definition) is 0. The second kappa shape index (κ2) is 7.24. The SMILES string of the molecule is CCOC(=O)/C=C/[C@@H]1CCCN(c2ccnc(Cl)n2)C1. The normalized spacial score (nSPS) is 19.3. The fourth-order valence-corrected chi connectivity index (χ4v) is 2.43. The lowest BCUT2D eigenvalue weighted by Gasteiger charge is -2.32. The Morgan fingerprint density at radius 3 is 3.25 bits per heavy atom. The number of esters is 1. The topological polar surface area (TPSA) is 55.3 Å². The average Bonchev–Trinajstić information content (AvgIpc) is 2.46. The molecule has 1 aromatic heterocycles. The van der Waals surface area contributed by atoms with Gasteiger partial charge in [-0.2, -0.15) is 0 Å². The van der Waals surface area contributed by atoms with Crippen LogP contribution in [-0.4, -0.2) is 35.6 Å². The van der Waals surface area contributed by atoms with E-state index in [2.05, 4.69) is 14.9 Å². The third-order valence-corrected chi connectivity index (χ3v) is 3.37. The van der Waals surface area contributed by atoms with E-state index in [0.29, 0.717) is 12.5 Å². The molecule has 1 aliphatic rings. The van der Waals surface area contributed by atoms with E-state index in [9.17, 15) is 4.79 Å². The largest absolute Gasteiger partial charge is 0.463 e. The molecule has 1 fully saturated rings. The van der Waals surface area contributed by atoms with Crippen LogP contribution >= 0.6 is 11.6 Å². The van der Waals surface area contributed by atoms with Crippen LogP contribution in [0.25, 0.3) is 0 Å². The maximum atomic E-state index is 11.3. The smallest absolute Gasteiger partial charge is 0.330 e. The van der Waals surface area contributed by atoms with Crippen molar-refractivity contribution in [1.29, 1.82) is 0 Å². The summed E-state index contributed by atoms with van der Waals surface area (Å²) in [5, 5.41) is 0.256. The number of rotatable bonds is 4. The highest BCUT2D eigenvalue weighted by molar-refractivity contribution is 6.28. The fraction of sp³-hybridized carbons (Fsp3) is 0.500. The molecule has 0 radical (unpaired) electrons. The fourth-order valence-electron chi connectivity index (χ4n) is 2.28. The summed E-state index contributed by atoms with van der Waals surface area (Å²) in [5.74, 6) is 0.871. The molecule has 1 aliphatic heterocycles. The summed E-state index contributed by atoms with van der Waals surface area (Å²) in [5.41, 5.74) is 0. The highest BCUT2D eigenvalue weighted by Gasteiger charge is 2.19. The van der Waals surface area contributed by atoms with E-state index < -0.39 is 0 Å². The van der Waals surface area contributed by atoms with Gasteiger partial charge in [0.1, 0.15) is 5.82 Å². The second-order valence-electron chi connectivity index (χ2n) is 4.64. The highest BCUT2D eigenvalue weighted by Crippen LogP contribution is 2.22. The molecule has 1 atom stereocenters. The maximum Gasteiger partial charge on any atom is 0.330 e. The quantitative estimate of drug-likeness (QED) is 0.485. The molecule has 0 aromatic carbocycles. The zero-order valence-electron chi connectivity index (χ0n) is 11.5. The summed E-state index contributed by atoms with van der Waals surface area (Å²) in [6.45, 7) is 3.96. The van der Waals surface area contributed by atoms with Gasteiger partial charge in [-0.3, -0.25) is 0 Å². The molecule has 0 amide bonds. The van der Waals surface area contributed by atoms with Crippen LogP contribution in [0, 0.1) is 5.92 Å². The molecule has 1 aromatic rings. The van der Waals surface area contributed by atoms with Crippen molar-refractivity contribution in [3.8, 4) is 0 Å². The Balaban J connectivity index is 1.96. The molecule has 1 saturated heterocycles. The number of hydrogen-bond acceptors (Lipinski definition) is 5. The molecule has 6 heteroatoms. The van der Waals surface area contributed by atoms with Gasteiger partial charge >= 0.3 is 5.97 Å². The minimum Gasteiger partial charge on any atom is -0.463 e. The van der Waals surface area contributed by atoms with E-state index >= 15 is 0 Å². The number of nitrogens with zero attached hydrogens (tertiary/aromatic N) is 3. The molecular formula is C14H18ClN3O2. The van der Waals surface area contributed by atoms with Crippen LogP contribution in [-0.2, 0) is 9.53 Å². The van der Waals surface area contributed by atoms with E-state index in [1.165, 1.54) is 6.08 Å². The summed E-state index contributed by atoms with van der Waals surface area (Å²) in [4.78, 5) is 21.6. The average molecular weight is 296 g/mol. The Kier molecular flexibility index (Phi) is 5.35. The van der Waals surface area contributed by atoms with E-state index in [-0.39, 0.29) is 11.3 Å². The number of halogens is 1. The summed E-state index contributed by atoms with van der Waals surface area (Å²) in [7, 11) is 0. The van der Waals surface area contributed by atoms with Crippen molar-refractivity contribution in [2.75, 3.05) is 24.6 Å². The molecular weight excluding hydrogens is 278 g/mol. The van der Waals surface area contributed by atoms with Crippen molar-refractivity contribution in [2.45, 2.75) is 19.8 Å². The molecule has 0 spiro atoms. The summed E-state index contributed by atoms with van der Waals surface area (Å²) in [6, 6.07) is 1.85. The van der Waals surface area contributed by atoms with Gasteiger partial charge in [-0.05, 0) is 43.4 Å². The molecule has 20 heavy (non-hydrogen) atoms. The van der Waals surface area contributed by atoms with Crippen molar-refractivity contribution in [3.63, 3.8) is 0 Å². The first kappa shape index (κ1) is 14.8. The van der Waals surface area contributed by atoms with Crippen LogP contribution in [0.3, 0.4) is 0 Å². The summed E-state index contributed by atoms with van der Waals surface area (Å²) < 4.78 is 4.88. The number of carbonyl (C=O) groups excluding carboxylic acids is 1. The molecule has 0 aliphatic carbocycles. The van der Waals surface area contributed by atoms with Crippen LogP contribution in [0.5, 0.6) is 0 Å². The third-order valence-electron chi connectivity index (χ3n) is 3.18. The van der Waals surface area contributed by atoms with Gasteiger partial charge in [0.2, 0.25) is 5.28 Å². The third kappa shape index (κ3) is 4.20. The Morgan fingerprint density at radius 1 is 1.65 bits per heavy atom. The van der Waals surface area contributed by atoms with Gasteiger partial charge in [0, 0.05) is 25.4 Å². The van der Waals surface area contributed by atoms with Gasteiger partial charge in [0.15, 0.2) is 0 Å². The van der Waals surface area contributed by atoms with Gasteiger partial charge in [-0.1, -0.05) is 6.08 Å². The van der Waals surface area contributed by atoms with E-state index in [0.717, 1.165) is 31.7 Å². The first-order chi connectivity index (χ1) is 9.69. The first-order valence-electron chi connectivity index (χ1n) is 6.77. The molecule has 108 valence electrons. The number of ether oxygens (including phenoxy) is 1.